The Morgan fingerprint density at radius 2 is 1.80 bits per heavy atom. The van der Waals surface area contributed by atoms with Crippen molar-refractivity contribution < 1.29 is 14.3 Å². The van der Waals surface area contributed by atoms with E-state index in [2.05, 4.69) is 25.1 Å². The fourth-order valence-electron chi connectivity index (χ4n) is 2.04. The van der Waals surface area contributed by atoms with E-state index in [4.69, 9.17) is 9.47 Å². The van der Waals surface area contributed by atoms with E-state index >= 15 is 0 Å². The minimum absolute atomic E-state index is 0.153. The van der Waals surface area contributed by atoms with Crippen LogP contribution in [0.25, 0.3) is 0 Å². The number of nitrogens with zero attached hydrogens (tertiary/aromatic N) is 1. The third-order valence-corrected chi connectivity index (χ3v) is 3.19. The van der Waals surface area contributed by atoms with E-state index in [1.165, 1.54) is 11.1 Å². The molecular formula is C16H25NO3. The first kappa shape index (κ1) is 16.7. The van der Waals surface area contributed by atoms with E-state index < -0.39 is 0 Å². The number of carbonyl (C=O) groups is 1. The summed E-state index contributed by atoms with van der Waals surface area (Å²) in [5.41, 5.74) is 2.43. The number of methoxy groups -OCH3 is 2. The van der Waals surface area contributed by atoms with Gasteiger partial charge in [-0.2, -0.15) is 0 Å². The first-order valence-electron chi connectivity index (χ1n) is 6.98. The molecule has 1 amide bonds. The highest BCUT2D eigenvalue weighted by Crippen LogP contribution is 2.08. The van der Waals surface area contributed by atoms with Crippen molar-refractivity contribution in [2.45, 2.75) is 19.8 Å². The number of aryl methyl sites for hydroxylation is 2. The van der Waals surface area contributed by atoms with Gasteiger partial charge in [0.15, 0.2) is 0 Å². The third-order valence-electron chi connectivity index (χ3n) is 3.19. The van der Waals surface area contributed by atoms with Gasteiger partial charge in [-0.05, 0) is 18.9 Å². The van der Waals surface area contributed by atoms with Crippen LogP contribution >= 0.6 is 0 Å². The highest BCUT2D eigenvalue weighted by atomic mass is 16.5. The second kappa shape index (κ2) is 9.50. The van der Waals surface area contributed by atoms with E-state index in [9.17, 15) is 4.79 Å². The Hall–Kier alpha value is -1.39. The van der Waals surface area contributed by atoms with Crippen LogP contribution in [0, 0.1) is 6.92 Å². The van der Waals surface area contributed by atoms with Crippen LogP contribution in [0.3, 0.4) is 0 Å². The summed E-state index contributed by atoms with van der Waals surface area (Å²) in [6.07, 6.45) is 1.30. The molecule has 0 aliphatic rings. The molecule has 0 atom stereocenters. The van der Waals surface area contributed by atoms with Crippen LogP contribution in [0.5, 0.6) is 0 Å². The Morgan fingerprint density at radius 1 is 1.15 bits per heavy atom. The molecule has 0 saturated carbocycles. The maximum Gasteiger partial charge on any atom is 0.223 e. The molecule has 1 aromatic rings. The van der Waals surface area contributed by atoms with Crippen LogP contribution in [0.1, 0.15) is 17.5 Å². The SMILES string of the molecule is COCCN(CCOC)C(=O)CCc1cccc(C)c1. The summed E-state index contributed by atoms with van der Waals surface area (Å²) in [5, 5.41) is 0. The van der Waals surface area contributed by atoms with Gasteiger partial charge in [-0.15, -0.1) is 0 Å². The van der Waals surface area contributed by atoms with Crippen molar-refractivity contribution in [3.05, 3.63) is 35.4 Å². The largest absolute Gasteiger partial charge is 0.383 e. The lowest BCUT2D eigenvalue weighted by Crippen LogP contribution is -2.36. The molecule has 20 heavy (non-hydrogen) atoms. The van der Waals surface area contributed by atoms with Crippen molar-refractivity contribution in [3.8, 4) is 0 Å². The molecule has 0 aromatic heterocycles. The summed E-state index contributed by atoms with van der Waals surface area (Å²) < 4.78 is 10.1. The first-order valence-corrected chi connectivity index (χ1v) is 6.98. The quantitative estimate of drug-likeness (QED) is 0.694. The zero-order chi connectivity index (χ0) is 14.8. The van der Waals surface area contributed by atoms with Crippen LogP contribution in [0.2, 0.25) is 0 Å². The van der Waals surface area contributed by atoms with Gasteiger partial charge in [0.1, 0.15) is 0 Å². The Morgan fingerprint density at radius 3 is 2.35 bits per heavy atom. The molecule has 0 heterocycles. The fourth-order valence-corrected chi connectivity index (χ4v) is 2.04. The maximum atomic E-state index is 12.2. The van der Waals surface area contributed by atoms with Gasteiger partial charge < -0.3 is 14.4 Å². The molecule has 0 N–H and O–H groups in total. The number of hydrogen-bond acceptors (Lipinski definition) is 3. The lowest BCUT2D eigenvalue weighted by atomic mass is 10.1. The van der Waals surface area contributed by atoms with Crippen LogP contribution in [0.4, 0.5) is 0 Å². The van der Waals surface area contributed by atoms with Gasteiger partial charge in [-0.3, -0.25) is 4.79 Å². The predicted molar refractivity (Wildman–Crippen MR) is 79.8 cm³/mol. The number of amides is 1. The molecule has 1 rings (SSSR count). The minimum Gasteiger partial charge on any atom is -0.383 e. The highest BCUT2D eigenvalue weighted by molar-refractivity contribution is 5.76. The zero-order valence-electron chi connectivity index (χ0n) is 12.7. The second-order valence-electron chi connectivity index (χ2n) is 4.86. The van der Waals surface area contributed by atoms with E-state index in [0.717, 1.165) is 6.42 Å². The molecule has 0 bridgehead atoms. The Kier molecular flexibility index (Phi) is 7.92. The Bertz CT molecular complexity index is 398. The van der Waals surface area contributed by atoms with E-state index in [1.54, 1.807) is 14.2 Å². The van der Waals surface area contributed by atoms with Crippen molar-refractivity contribution in [3.63, 3.8) is 0 Å². The van der Waals surface area contributed by atoms with Gasteiger partial charge in [0.2, 0.25) is 5.91 Å². The van der Waals surface area contributed by atoms with Crippen LogP contribution in [-0.2, 0) is 20.7 Å². The number of carbonyl (C=O) groups excluding carboxylic acids is 1. The van der Waals surface area contributed by atoms with Gasteiger partial charge >= 0.3 is 0 Å². The standard InChI is InChI=1S/C16H25NO3/c1-14-5-4-6-15(13-14)7-8-16(18)17(9-11-19-2)10-12-20-3/h4-6,13H,7-12H2,1-3H3. The zero-order valence-corrected chi connectivity index (χ0v) is 12.7. The van der Waals surface area contributed by atoms with Crippen molar-refractivity contribution in [2.24, 2.45) is 0 Å². The summed E-state index contributed by atoms with van der Waals surface area (Å²) in [6, 6.07) is 8.29. The van der Waals surface area contributed by atoms with Crippen molar-refractivity contribution in [2.75, 3.05) is 40.5 Å². The molecular weight excluding hydrogens is 254 g/mol. The number of ether oxygens (including phenoxy) is 2. The molecule has 0 aliphatic heterocycles. The fraction of sp³-hybridized carbons (Fsp3) is 0.562. The Balaban J connectivity index is 2.47. The van der Waals surface area contributed by atoms with Gasteiger partial charge in [0, 0.05) is 33.7 Å². The van der Waals surface area contributed by atoms with E-state index in [0.29, 0.717) is 32.7 Å². The molecule has 0 saturated heterocycles. The number of benzene rings is 1. The number of hydrogen-bond donors (Lipinski definition) is 0. The molecule has 112 valence electrons. The normalized spacial score (nSPS) is 10.6. The first-order chi connectivity index (χ1) is 9.67. The van der Waals surface area contributed by atoms with Crippen LogP contribution < -0.4 is 0 Å². The molecule has 4 heteroatoms. The number of rotatable bonds is 9. The summed E-state index contributed by atoms with van der Waals surface area (Å²) in [5.74, 6) is 0.153. The summed E-state index contributed by atoms with van der Waals surface area (Å²) >= 11 is 0. The average Bonchev–Trinajstić information content (AvgIpc) is 2.45. The Labute approximate surface area is 121 Å². The van der Waals surface area contributed by atoms with Crippen LogP contribution in [0.15, 0.2) is 24.3 Å². The molecule has 0 radical (unpaired) electrons. The molecule has 0 fully saturated rings. The molecule has 1 aromatic carbocycles. The van der Waals surface area contributed by atoms with Gasteiger partial charge in [0.25, 0.3) is 0 Å². The van der Waals surface area contributed by atoms with Crippen molar-refractivity contribution in [1.82, 2.24) is 4.90 Å². The smallest absolute Gasteiger partial charge is 0.223 e. The van der Waals surface area contributed by atoms with Gasteiger partial charge in [-0.25, -0.2) is 0 Å². The van der Waals surface area contributed by atoms with E-state index in [1.807, 2.05) is 11.0 Å². The summed E-state index contributed by atoms with van der Waals surface area (Å²) in [4.78, 5) is 14.0. The summed E-state index contributed by atoms with van der Waals surface area (Å²) in [7, 11) is 3.29. The van der Waals surface area contributed by atoms with Gasteiger partial charge in [0.05, 0.1) is 13.2 Å². The van der Waals surface area contributed by atoms with Crippen molar-refractivity contribution >= 4 is 5.91 Å². The van der Waals surface area contributed by atoms with Gasteiger partial charge in [-0.1, -0.05) is 29.8 Å². The lowest BCUT2D eigenvalue weighted by molar-refractivity contribution is -0.132. The monoisotopic (exact) mass is 279 g/mol. The second-order valence-corrected chi connectivity index (χ2v) is 4.86. The highest BCUT2D eigenvalue weighted by Gasteiger charge is 2.12. The average molecular weight is 279 g/mol. The predicted octanol–water partition coefficient (Wildman–Crippen LogP) is 2.05. The molecule has 4 nitrogen and oxygen atoms in total. The maximum absolute atomic E-state index is 12.2. The lowest BCUT2D eigenvalue weighted by Gasteiger charge is -2.22. The van der Waals surface area contributed by atoms with Crippen molar-refractivity contribution in [1.29, 1.82) is 0 Å². The molecule has 0 spiro atoms. The minimum atomic E-state index is 0.153. The molecule has 0 unspecified atom stereocenters. The van der Waals surface area contributed by atoms with Crippen LogP contribution in [-0.4, -0.2) is 51.3 Å². The van der Waals surface area contributed by atoms with E-state index in [-0.39, 0.29) is 5.91 Å². The third kappa shape index (κ3) is 6.17. The molecule has 0 aliphatic carbocycles. The summed E-state index contributed by atoms with van der Waals surface area (Å²) in [6.45, 7) is 4.41. The topological polar surface area (TPSA) is 38.8 Å².